The Balaban J connectivity index is 2.11. The van der Waals surface area contributed by atoms with Gasteiger partial charge < -0.3 is 0 Å². The highest BCUT2D eigenvalue weighted by atomic mass is 35.5. The summed E-state index contributed by atoms with van der Waals surface area (Å²) in [5.41, 5.74) is 1.55. The van der Waals surface area contributed by atoms with E-state index in [-0.39, 0.29) is 5.78 Å². The number of rotatable bonds is 3. The Morgan fingerprint density at radius 3 is 1.89 bits per heavy atom. The summed E-state index contributed by atoms with van der Waals surface area (Å²) in [4.78, 5) is 11.8. The van der Waals surface area contributed by atoms with Crippen LogP contribution in [0.3, 0.4) is 0 Å². The molecule has 0 radical (unpaired) electrons. The minimum Gasteiger partial charge on any atom is -0.289 e. The lowest BCUT2D eigenvalue weighted by Gasteiger charge is -1.96. The molecule has 0 saturated heterocycles. The zero-order chi connectivity index (χ0) is 13.0. The fourth-order valence-corrected chi connectivity index (χ4v) is 1.71. The van der Waals surface area contributed by atoms with E-state index in [9.17, 15) is 4.79 Å². The average molecular weight is 277 g/mol. The molecule has 0 bridgehead atoms. The van der Waals surface area contributed by atoms with E-state index in [1.165, 1.54) is 6.08 Å². The van der Waals surface area contributed by atoms with Gasteiger partial charge in [0, 0.05) is 15.6 Å². The van der Waals surface area contributed by atoms with E-state index in [4.69, 9.17) is 23.2 Å². The second-order valence-electron chi connectivity index (χ2n) is 3.76. The Bertz CT molecular complexity index is 568. The van der Waals surface area contributed by atoms with E-state index in [2.05, 4.69) is 0 Å². The molecule has 3 heteroatoms. The third-order valence-electron chi connectivity index (χ3n) is 2.43. The van der Waals surface area contributed by atoms with Crippen molar-refractivity contribution in [3.8, 4) is 0 Å². The number of carbonyl (C=O) groups is 1. The third-order valence-corrected chi connectivity index (χ3v) is 2.93. The Hall–Kier alpha value is -1.57. The van der Waals surface area contributed by atoms with Gasteiger partial charge in [-0.2, -0.15) is 0 Å². The Morgan fingerprint density at radius 2 is 1.33 bits per heavy atom. The van der Waals surface area contributed by atoms with Crippen molar-refractivity contribution in [1.29, 1.82) is 0 Å². The van der Waals surface area contributed by atoms with Crippen molar-refractivity contribution in [2.75, 3.05) is 0 Å². The van der Waals surface area contributed by atoms with E-state index in [0.29, 0.717) is 15.6 Å². The molecule has 0 unspecified atom stereocenters. The van der Waals surface area contributed by atoms with Crippen LogP contribution in [0.25, 0.3) is 6.08 Å². The van der Waals surface area contributed by atoms with E-state index in [1.54, 1.807) is 42.5 Å². The first-order valence-electron chi connectivity index (χ1n) is 5.39. The maximum atomic E-state index is 11.8. The minimum atomic E-state index is -0.0541. The van der Waals surface area contributed by atoms with Gasteiger partial charge in [-0.1, -0.05) is 41.4 Å². The quantitative estimate of drug-likeness (QED) is 0.576. The van der Waals surface area contributed by atoms with Crippen LogP contribution in [-0.4, -0.2) is 5.78 Å². The molecule has 0 spiro atoms. The minimum absolute atomic E-state index is 0.0541. The van der Waals surface area contributed by atoms with E-state index in [1.807, 2.05) is 12.1 Å². The fraction of sp³-hybridized carbons (Fsp3) is 0. The van der Waals surface area contributed by atoms with Gasteiger partial charge >= 0.3 is 0 Å². The first-order valence-corrected chi connectivity index (χ1v) is 6.14. The number of hydrogen-bond acceptors (Lipinski definition) is 1. The molecule has 0 atom stereocenters. The molecule has 18 heavy (non-hydrogen) atoms. The summed E-state index contributed by atoms with van der Waals surface area (Å²) in [5.74, 6) is -0.0541. The second kappa shape index (κ2) is 5.85. The van der Waals surface area contributed by atoms with E-state index < -0.39 is 0 Å². The molecule has 0 heterocycles. The van der Waals surface area contributed by atoms with Crippen LogP contribution in [0, 0.1) is 0 Å². The van der Waals surface area contributed by atoms with Gasteiger partial charge in [0.05, 0.1) is 0 Å². The van der Waals surface area contributed by atoms with E-state index in [0.717, 1.165) is 5.56 Å². The fourth-order valence-electron chi connectivity index (χ4n) is 1.46. The van der Waals surface area contributed by atoms with Crippen molar-refractivity contribution >= 4 is 35.1 Å². The lowest BCUT2D eigenvalue weighted by molar-refractivity contribution is 0.104. The largest absolute Gasteiger partial charge is 0.289 e. The topological polar surface area (TPSA) is 17.1 Å². The van der Waals surface area contributed by atoms with Crippen LogP contribution in [-0.2, 0) is 0 Å². The maximum Gasteiger partial charge on any atom is 0.185 e. The highest BCUT2D eigenvalue weighted by Gasteiger charge is 2.00. The molecule has 0 N–H and O–H groups in total. The van der Waals surface area contributed by atoms with Crippen LogP contribution in [0.5, 0.6) is 0 Å². The Kier molecular flexibility index (Phi) is 4.19. The van der Waals surface area contributed by atoms with Gasteiger partial charge in [-0.3, -0.25) is 4.79 Å². The zero-order valence-corrected chi connectivity index (χ0v) is 10.9. The zero-order valence-electron chi connectivity index (χ0n) is 9.44. The SMILES string of the molecule is O=C(C=Cc1ccc(Cl)cc1)c1ccc(Cl)cc1. The molecular weight excluding hydrogens is 267 g/mol. The van der Waals surface area contributed by atoms with Crippen molar-refractivity contribution in [2.45, 2.75) is 0 Å². The molecule has 90 valence electrons. The summed E-state index contributed by atoms with van der Waals surface area (Å²) in [6.45, 7) is 0. The lowest BCUT2D eigenvalue weighted by atomic mass is 10.1. The van der Waals surface area contributed by atoms with Crippen molar-refractivity contribution in [2.24, 2.45) is 0 Å². The molecule has 0 saturated carbocycles. The maximum absolute atomic E-state index is 11.8. The van der Waals surface area contributed by atoms with Gasteiger partial charge in [-0.05, 0) is 48.0 Å². The van der Waals surface area contributed by atoms with Gasteiger partial charge in [0.2, 0.25) is 0 Å². The molecule has 2 aromatic carbocycles. The highest BCUT2D eigenvalue weighted by molar-refractivity contribution is 6.31. The van der Waals surface area contributed by atoms with Gasteiger partial charge in [-0.15, -0.1) is 0 Å². The van der Waals surface area contributed by atoms with Crippen molar-refractivity contribution < 1.29 is 4.79 Å². The summed E-state index contributed by atoms with van der Waals surface area (Å²) in [6.07, 6.45) is 3.29. The molecule has 0 aliphatic carbocycles. The number of carbonyl (C=O) groups excluding carboxylic acids is 1. The van der Waals surface area contributed by atoms with Crippen molar-refractivity contribution in [1.82, 2.24) is 0 Å². The monoisotopic (exact) mass is 276 g/mol. The second-order valence-corrected chi connectivity index (χ2v) is 4.63. The smallest absolute Gasteiger partial charge is 0.185 e. The molecule has 0 aliphatic rings. The highest BCUT2D eigenvalue weighted by Crippen LogP contribution is 2.13. The summed E-state index contributed by atoms with van der Waals surface area (Å²) >= 11 is 11.5. The third kappa shape index (κ3) is 3.46. The van der Waals surface area contributed by atoms with Crippen LogP contribution < -0.4 is 0 Å². The number of allylic oxidation sites excluding steroid dienone is 1. The van der Waals surface area contributed by atoms with Gasteiger partial charge in [0.15, 0.2) is 5.78 Å². The molecule has 1 nitrogen and oxygen atoms in total. The number of ketones is 1. The summed E-state index contributed by atoms with van der Waals surface area (Å²) in [7, 11) is 0. The van der Waals surface area contributed by atoms with Crippen molar-refractivity contribution in [3.63, 3.8) is 0 Å². The van der Waals surface area contributed by atoms with Crippen LogP contribution in [0.1, 0.15) is 15.9 Å². The standard InChI is InChI=1S/C15H10Cl2O/c16-13-6-1-11(2-7-13)3-10-15(18)12-4-8-14(17)9-5-12/h1-10H. The summed E-state index contributed by atoms with van der Waals surface area (Å²) in [6, 6.07) is 14.1. The van der Waals surface area contributed by atoms with Crippen LogP contribution >= 0.6 is 23.2 Å². The van der Waals surface area contributed by atoms with Crippen molar-refractivity contribution in [3.05, 3.63) is 75.8 Å². The molecule has 0 fully saturated rings. The van der Waals surface area contributed by atoms with E-state index >= 15 is 0 Å². The molecule has 0 aliphatic heterocycles. The molecular formula is C15H10Cl2O. The summed E-state index contributed by atoms with van der Waals surface area (Å²) < 4.78 is 0. The van der Waals surface area contributed by atoms with Gasteiger partial charge in [0.1, 0.15) is 0 Å². The number of hydrogen-bond donors (Lipinski definition) is 0. The van der Waals surface area contributed by atoms with Crippen LogP contribution in [0.4, 0.5) is 0 Å². The summed E-state index contributed by atoms with van der Waals surface area (Å²) in [5, 5.41) is 1.30. The average Bonchev–Trinajstić information content (AvgIpc) is 2.38. The molecule has 2 rings (SSSR count). The lowest BCUT2D eigenvalue weighted by Crippen LogP contribution is -1.92. The van der Waals surface area contributed by atoms with Crippen LogP contribution in [0.15, 0.2) is 54.6 Å². The first kappa shape index (κ1) is 12.9. The predicted molar refractivity (Wildman–Crippen MR) is 76.3 cm³/mol. The normalized spacial score (nSPS) is 10.8. The van der Waals surface area contributed by atoms with Gasteiger partial charge in [0.25, 0.3) is 0 Å². The Morgan fingerprint density at radius 1 is 0.833 bits per heavy atom. The first-order chi connectivity index (χ1) is 8.65. The predicted octanol–water partition coefficient (Wildman–Crippen LogP) is 4.89. The van der Waals surface area contributed by atoms with Gasteiger partial charge in [-0.25, -0.2) is 0 Å². The molecule has 0 amide bonds. The van der Waals surface area contributed by atoms with Crippen LogP contribution in [0.2, 0.25) is 10.0 Å². The molecule has 2 aromatic rings. The molecule has 0 aromatic heterocycles. The number of halogens is 2. The number of benzene rings is 2. The Labute approximate surface area is 116 Å².